The van der Waals surface area contributed by atoms with Gasteiger partial charge in [-0.15, -0.1) is 0 Å². The molecule has 1 unspecified atom stereocenters. The van der Waals surface area contributed by atoms with Gasteiger partial charge in [0.2, 0.25) is 5.91 Å². The molecule has 0 radical (unpaired) electrons. The van der Waals surface area contributed by atoms with Crippen LogP contribution in [0.15, 0.2) is 18.2 Å². The van der Waals surface area contributed by atoms with Gasteiger partial charge in [-0.3, -0.25) is 4.79 Å². The van der Waals surface area contributed by atoms with Crippen LogP contribution in [0.2, 0.25) is 0 Å². The normalized spacial score (nSPS) is 12.0. The van der Waals surface area contributed by atoms with Crippen molar-refractivity contribution >= 4 is 17.3 Å². The van der Waals surface area contributed by atoms with E-state index >= 15 is 0 Å². The summed E-state index contributed by atoms with van der Waals surface area (Å²) < 4.78 is 13.2. The van der Waals surface area contributed by atoms with Gasteiger partial charge >= 0.3 is 0 Å². The van der Waals surface area contributed by atoms with Crippen molar-refractivity contribution < 1.29 is 9.18 Å². The quantitative estimate of drug-likeness (QED) is 0.786. The van der Waals surface area contributed by atoms with Crippen LogP contribution in [-0.4, -0.2) is 30.4 Å². The molecule has 0 aliphatic rings. The summed E-state index contributed by atoms with van der Waals surface area (Å²) in [5, 5.41) is 2.91. The Bertz CT molecular complexity index is 409. The third kappa shape index (κ3) is 3.09. The molecule has 94 valence electrons. The summed E-state index contributed by atoms with van der Waals surface area (Å²) in [6.45, 7) is 4.24. The summed E-state index contributed by atoms with van der Waals surface area (Å²) >= 11 is 0. The van der Waals surface area contributed by atoms with Crippen molar-refractivity contribution in [3.8, 4) is 0 Å². The fourth-order valence-corrected chi connectivity index (χ4v) is 1.44. The number of rotatable bonds is 4. The van der Waals surface area contributed by atoms with Gasteiger partial charge in [-0.2, -0.15) is 0 Å². The second kappa shape index (κ2) is 5.52. The molecule has 4 nitrogen and oxygen atoms in total. The lowest BCUT2D eigenvalue weighted by atomic mass is 10.2. The Morgan fingerprint density at radius 2 is 2.24 bits per heavy atom. The SMILES string of the molecule is CCN(C)C(=O)C(C)Nc1cccc(F)c1N. The largest absolute Gasteiger partial charge is 0.395 e. The van der Waals surface area contributed by atoms with Crippen LogP contribution in [0.25, 0.3) is 0 Å². The number of para-hydroxylation sites is 1. The first kappa shape index (κ1) is 13.3. The summed E-state index contributed by atoms with van der Waals surface area (Å²) in [4.78, 5) is 13.4. The third-order valence-electron chi connectivity index (χ3n) is 2.65. The van der Waals surface area contributed by atoms with Crippen LogP contribution in [0, 0.1) is 5.82 Å². The predicted octanol–water partition coefficient (Wildman–Crippen LogP) is 1.69. The highest BCUT2D eigenvalue weighted by molar-refractivity contribution is 5.85. The molecule has 0 spiro atoms. The predicted molar refractivity (Wildman–Crippen MR) is 67.2 cm³/mol. The molecule has 1 aromatic rings. The summed E-state index contributed by atoms with van der Waals surface area (Å²) in [7, 11) is 1.72. The molecule has 0 aromatic heterocycles. The number of hydrogen-bond donors (Lipinski definition) is 2. The Morgan fingerprint density at radius 3 is 2.82 bits per heavy atom. The average Bonchev–Trinajstić information content (AvgIpc) is 2.32. The Balaban J connectivity index is 2.78. The van der Waals surface area contributed by atoms with E-state index in [1.165, 1.54) is 6.07 Å². The molecule has 17 heavy (non-hydrogen) atoms. The monoisotopic (exact) mass is 239 g/mol. The first-order chi connectivity index (χ1) is 7.97. The van der Waals surface area contributed by atoms with E-state index in [-0.39, 0.29) is 11.6 Å². The number of halogens is 1. The molecule has 0 saturated heterocycles. The fourth-order valence-electron chi connectivity index (χ4n) is 1.44. The van der Waals surface area contributed by atoms with E-state index in [0.29, 0.717) is 12.2 Å². The van der Waals surface area contributed by atoms with Gasteiger partial charge in [0.15, 0.2) is 0 Å². The first-order valence-corrected chi connectivity index (χ1v) is 5.52. The smallest absolute Gasteiger partial charge is 0.244 e. The van der Waals surface area contributed by atoms with Gasteiger partial charge in [-0.1, -0.05) is 6.07 Å². The van der Waals surface area contributed by atoms with Gasteiger partial charge in [0.05, 0.1) is 11.4 Å². The number of likely N-dealkylation sites (N-methyl/N-ethyl adjacent to an activating group) is 1. The lowest BCUT2D eigenvalue weighted by Gasteiger charge is -2.22. The minimum atomic E-state index is -0.488. The van der Waals surface area contributed by atoms with Gasteiger partial charge in [0.1, 0.15) is 11.9 Å². The number of carbonyl (C=O) groups excluding carboxylic acids is 1. The maximum absolute atomic E-state index is 13.2. The average molecular weight is 239 g/mol. The van der Waals surface area contributed by atoms with Crippen molar-refractivity contribution in [2.75, 3.05) is 24.6 Å². The zero-order chi connectivity index (χ0) is 13.0. The molecule has 3 N–H and O–H groups in total. The van der Waals surface area contributed by atoms with Crippen molar-refractivity contribution in [3.63, 3.8) is 0 Å². The third-order valence-corrected chi connectivity index (χ3v) is 2.65. The molecule has 1 rings (SSSR count). The van der Waals surface area contributed by atoms with Crippen molar-refractivity contribution in [2.24, 2.45) is 0 Å². The molecular formula is C12H18FN3O. The molecule has 0 aliphatic heterocycles. The van der Waals surface area contributed by atoms with E-state index in [2.05, 4.69) is 5.32 Å². The van der Waals surface area contributed by atoms with Crippen molar-refractivity contribution in [1.29, 1.82) is 0 Å². The molecule has 1 atom stereocenters. The molecule has 0 saturated carbocycles. The molecule has 1 amide bonds. The number of amides is 1. The molecule has 1 aromatic carbocycles. The van der Waals surface area contributed by atoms with Crippen molar-refractivity contribution in [1.82, 2.24) is 4.90 Å². The lowest BCUT2D eigenvalue weighted by molar-refractivity contribution is -0.130. The van der Waals surface area contributed by atoms with Gasteiger partial charge in [0.25, 0.3) is 0 Å². The number of nitrogens with zero attached hydrogens (tertiary/aromatic N) is 1. The molecule has 0 heterocycles. The van der Waals surface area contributed by atoms with Crippen LogP contribution >= 0.6 is 0 Å². The summed E-state index contributed by atoms with van der Waals surface area (Å²) in [5.74, 6) is -0.547. The summed E-state index contributed by atoms with van der Waals surface area (Å²) in [6, 6.07) is 4.04. The Hall–Kier alpha value is -1.78. The molecule has 0 fully saturated rings. The van der Waals surface area contributed by atoms with Crippen LogP contribution in [0.5, 0.6) is 0 Å². The van der Waals surface area contributed by atoms with Crippen LogP contribution in [0.3, 0.4) is 0 Å². The number of anilines is 2. The molecule has 0 bridgehead atoms. The summed E-state index contributed by atoms with van der Waals surface area (Å²) in [5.41, 5.74) is 6.05. The van der Waals surface area contributed by atoms with Crippen molar-refractivity contribution in [2.45, 2.75) is 19.9 Å². The molecule has 5 heteroatoms. The molecular weight excluding hydrogens is 221 g/mol. The highest BCUT2D eigenvalue weighted by Gasteiger charge is 2.17. The standard InChI is InChI=1S/C12H18FN3O/c1-4-16(3)12(17)8(2)15-10-7-5-6-9(13)11(10)14/h5-8,15H,4,14H2,1-3H3. The summed E-state index contributed by atoms with van der Waals surface area (Å²) in [6.07, 6.45) is 0. The van der Waals surface area contributed by atoms with Crippen LogP contribution in [0.4, 0.5) is 15.8 Å². The lowest BCUT2D eigenvalue weighted by Crippen LogP contribution is -2.39. The fraction of sp³-hybridized carbons (Fsp3) is 0.417. The minimum Gasteiger partial charge on any atom is -0.395 e. The van der Waals surface area contributed by atoms with E-state index in [9.17, 15) is 9.18 Å². The highest BCUT2D eigenvalue weighted by atomic mass is 19.1. The minimum absolute atomic E-state index is 0.0336. The van der Waals surface area contributed by atoms with Crippen LogP contribution in [-0.2, 0) is 4.79 Å². The number of benzene rings is 1. The number of nitrogens with one attached hydrogen (secondary N) is 1. The first-order valence-electron chi connectivity index (χ1n) is 5.52. The van der Waals surface area contributed by atoms with Crippen LogP contribution in [0.1, 0.15) is 13.8 Å². The van der Waals surface area contributed by atoms with Gasteiger partial charge < -0.3 is 16.0 Å². The highest BCUT2D eigenvalue weighted by Crippen LogP contribution is 2.21. The maximum Gasteiger partial charge on any atom is 0.244 e. The van der Waals surface area contributed by atoms with E-state index in [1.807, 2.05) is 6.92 Å². The Labute approximate surface area is 101 Å². The Morgan fingerprint density at radius 1 is 1.59 bits per heavy atom. The van der Waals surface area contributed by atoms with E-state index in [0.717, 1.165) is 0 Å². The van der Waals surface area contributed by atoms with Gasteiger partial charge in [-0.05, 0) is 26.0 Å². The topological polar surface area (TPSA) is 58.4 Å². The van der Waals surface area contributed by atoms with E-state index < -0.39 is 11.9 Å². The Kier molecular flexibility index (Phi) is 4.31. The van der Waals surface area contributed by atoms with Gasteiger partial charge in [0, 0.05) is 13.6 Å². The second-order valence-corrected chi connectivity index (χ2v) is 3.92. The number of nitrogen functional groups attached to an aromatic ring is 1. The zero-order valence-corrected chi connectivity index (χ0v) is 10.3. The van der Waals surface area contributed by atoms with E-state index in [1.54, 1.807) is 31.0 Å². The van der Waals surface area contributed by atoms with Crippen molar-refractivity contribution in [3.05, 3.63) is 24.0 Å². The van der Waals surface area contributed by atoms with E-state index in [4.69, 9.17) is 5.73 Å². The number of nitrogens with two attached hydrogens (primary N) is 1. The number of carbonyl (C=O) groups is 1. The zero-order valence-electron chi connectivity index (χ0n) is 10.3. The molecule has 0 aliphatic carbocycles. The second-order valence-electron chi connectivity index (χ2n) is 3.92. The number of hydrogen-bond acceptors (Lipinski definition) is 3. The van der Waals surface area contributed by atoms with Crippen LogP contribution < -0.4 is 11.1 Å². The maximum atomic E-state index is 13.2. The van der Waals surface area contributed by atoms with Gasteiger partial charge in [-0.25, -0.2) is 4.39 Å².